The molecular formula is C9H8F3NO3. The lowest BCUT2D eigenvalue weighted by Crippen LogP contribution is -2.19. The molecule has 0 spiro atoms. The van der Waals surface area contributed by atoms with Crippen LogP contribution in [0.25, 0.3) is 0 Å². The van der Waals surface area contributed by atoms with Crippen LogP contribution in [0.4, 0.5) is 13.2 Å². The van der Waals surface area contributed by atoms with Gasteiger partial charge >= 0.3 is 12.1 Å². The largest absolute Gasteiger partial charge is 0.478 e. The van der Waals surface area contributed by atoms with E-state index in [-0.39, 0.29) is 17.1 Å². The maximum Gasteiger partial charge on any atom is 0.422 e. The van der Waals surface area contributed by atoms with Gasteiger partial charge in [-0.1, -0.05) is 0 Å². The standard InChI is InChI=1S/C9H8F3NO3/c1-5-6(8(14)15)2-3-7(13-5)16-4-9(10,11)12/h2-3H,4H2,1H3,(H,14,15). The van der Waals surface area contributed by atoms with Crippen LogP contribution in [0.1, 0.15) is 16.1 Å². The van der Waals surface area contributed by atoms with Gasteiger partial charge in [-0.15, -0.1) is 0 Å². The van der Waals surface area contributed by atoms with Gasteiger partial charge in [0.25, 0.3) is 0 Å². The Balaban J connectivity index is 2.78. The van der Waals surface area contributed by atoms with Gasteiger partial charge in [-0.25, -0.2) is 9.78 Å². The van der Waals surface area contributed by atoms with Crippen LogP contribution in [-0.2, 0) is 0 Å². The Bertz CT molecular complexity index is 403. The van der Waals surface area contributed by atoms with E-state index in [2.05, 4.69) is 9.72 Å². The van der Waals surface area contributed by atoms with Crippen molar-refractivity contribution in [2.45, 2.75) is 13.1 Å². The summed E-state index contributed by atoms with van der Waals surface area (Å²) in [6.45, 7) is -0.0737. The Morgan fingerprint density at radius 2 is 2.12 bits per heavy atom. The maximum absolute atomic E-state index is 11.8. The van der Waals surface area contributed by atoms with Gasteiger partial charge in [0.1, 0.15) is 0 Å². The number of aromatic nitrogens is 1. The summed E-state index contributed by atoms with van der Waals surface area (Å²) in [4.78, 5) is 14.2. The molecule has 0 aliphatic heterocycles. The van der Waals surface area contributed by atoms with E-state index in [4.69, 9.17) is 5.11 Å². The minimum Gasteiger partial charge on any atom is -0.478 e. The lowest BCUT2D eigenvalue weighted by atomic mass is 10.2. The molecule has 0 atom stereocenters. The average molecular weight is 235 g/mol. The highest BCUT2D eigenvalue weighted by Crippen LogP contribution is 2.18. The van der Waals surface area contributed by atoms with Crippen molar-refractivity contribution in [3.05, 3.63) is 23.4 Å². The van der Waals surface area contributed by atoms with E-state index >= 15 is 0 Å². The number of hydrogen-bond donors (Lipinski definition) is 1. The van der Waals surface area contributed by atoms with Crippen LogP contribution in [-0.4, -0.2) is 28.8 Å². The van der Waals surface area contributed by atoms with Crippen LogP contribution in [0, 0.1) is 6.92 Å². The van der Waals surface area contributed by atoms with Gasteiger partial charge in [0, 0.05) is 6.07 Å². The number of hydrogen-bond acceptors (Lipinski definition) is 3. The summed E-state index contributed by atoms with van der Waals surface area (Å²) >= 11 is 0. The van der Waals surface area contributed by atoms with Crippen LogP contribution in [0.2, 0.25) is 0 Å². The Labute approximate surface area is 88.7 Å². The van der Waals surface area contributed by atoms with Crippen molar-refractivity contribution in [3.63, 3.8) is 0 Å². The third kappa shape index (κ3) is 3.41. The molecule has 1 aromatic rings. The van der Waals surface area contributed by atoms with E-state index in [0.717, 1.165) is 12.1 Å². The highest BCUT2D eigenvalue weighted by atomic mass is 19.4. The quantitative estimate of drug-likeness (QED) is 0.870. The fourth-order valence-electron chi connectivity index (χ4n) is 1.00. The molecule has 16 heavy (non-hydrogen) atoms. The Hall–Kier alpha value is -1.79. The van der Waals surface area contributed by atoms with Gasteiger partial charge in [0.15, 0.2) is 6.61 Å². The molecule has 0 bridgehead atoms. The molecule has 0 unspecified atom stereocenters. The van der Waals surface area contributed by atoms with Crippen LogP contribution in [0.5, 0.6) is 5.88 Å². The van der Waals surface area contributed by atoms with Crippen molar-refractivity contribution in [2.24, 2.45) is 0 Å². The van der Waals surface area contributed by atoms with Crippen LogP contribution >= 0.6 is 0 Å². The fraction of sp³-hybridized carbons (Fsp3) is 0.333. The number of carboxylic acid groups (broad SMARTS) is 1. The van der Waals surface area contributed by atoms with E-state index in [9.17, 15) is 18.0 Å². The summed E-state index contributed by atoms with van der Waals surface area (Å²) in [5.41, 5.74) is 0.0338. The molecule has 1 heterocycles. The number of aromatic carboxylic acids is 1. The van der Waals surface area contributed by atoms with Crippen molar-refractivity contribution in [2.75, 3.05) is 6.61 Å². The summed E-state index contributed by atoms with van der Waals surface area (Å²) in [6.07, 6.45) is -4.44. The van der Waals surface area contributed by atoms with Gasteiger partial charge in [-0.3, -0.25) is 0 Å². The monoisotopic (exact) mass is 235 g/mol. The number of alkyl halides is 3. The molecule has 1 rings (SSSR count). The van der Waals surface area contributed by atoms with Crippen molar-refractivity contribution in [3.8, 4) is 5.88 Å². The predicted octanol–water partition coefficient (Wildman–Crippen LogP) is 2.03. The number of carboxylic acids is 1. The van der Waals surface area contributed by atoms with E-state index in [0.29, 0.717) is 0 Å². The normalized spacial score (nSPS) is 11.2. The van der Waals surface area contributed by atoms with Crippen molar-refractivity contribution < 1.29 is 27.8 Å². The first-order valence-corrected chi connectivity index (χ1v) is 4.20. The zero-order valence-corrected chi connectivity index (χ0v) is 8.21. The summed E-state index contributed by atoms with van der Waals surface area (Å²) in [5.74, 6) is -1.44. The minimum atomic E-state index is -4.44. The molecular weight excluding hydrogens is 227 g/mol. The number of carbonyl (C=O) groups is 1. The summed E-state index contributed by atoms with van der Waals surface area (Å²) in [6, 6.07) is 2.23. The molecule has 0 aromatic carbocycles. The van der Waals surface area contributed by atoms with Crippen LogP contribution in [0.15, 0.2) is 12.1 Å². The van der Waals surface area contributed by atoms with Crippen molar-refractivity contribution in [1.82, 2.24) is 4.98 Å². The molecule has 0 aliphatic rings. The second-order valence-corrected chi connectivity index (χ2v) is 2.99. The van der Waals surface area contributed by atoms with E-state index in [1.807, 2.05) is 0 Å². The highest BCUT2D eigenvalue weighted by molar-refractivity contribution is 5.88. The number of aryl methyl sites for hydroxylation is 1. The number of nitrogens with zero attached hydrogens (tertiary/aromatic N) is 1. The maximum atomic E-state index is 11.8. The third-order valence-corrected chi connectivity index (χ3v) is 1.67. The lowest BCUT2D eigenvalue weighted by molar-refractivity contribution is -0.154. The van der Waals surface area contributed by atoms with E-state index in [1.165, 1.54) is 6.92 Å². The summed E-state index contributed by atoms with van der Waals surface area (Å²) in [5, 5.41) is 8.65. The minimum absolute atomic E-state index is 0.0700. The van der Waals surface area contributed by atoms with Crippen LogP contribution < -0.4 is 4.74 Å². The first kappa shape index (κ1) is 12.3. The number of ether oxygens (including phenoxy) is 1. The third-order valence-electron chi connectivity index (χ3n) is 1.67. The zero-order chi connectivity index (χ0) is 12.3. The lowest BCUT2D eigenvalue weighted by Gasteiger charge is -2.09. The zero-order valence-electron chi connectivity index (χ0n) is 8.21. The average Bonchev–Trinajstić information content (AvgIpc) is 2.13. The topological polar surface area (TPSA) is 59.4 Å². The first-order chi connectivity index (χ1) is 7.29. The van der Waals surface area contributed by atoms with Gasteiger partial charge in [0.05, 0.1) is 11.3 Å². The van der Waals surface area contributed by atoms with Gasteiger partial charge in [-0.2, -0.15) is 13.2 Å². The molecule has 0 radical (unpaired) electrons. The summed E-state index contributed by atoms with van der Waals surface area (Å²) < 4.78 is 39.8. The fourth-order valence-corrected chi connectivity index (χ4v) is 1.00. The van der Waals surface area contributed by atoms with Crippen molar-refractivity contribution in [1.29, 1.82) is 0 Å². The molecule has 0 saturated carbocycles. The van der Waals surface area contributed by atoms with Gasteiger partial charge in [-0.05, 0) is 13.0 Å². The Morgan fingerprint density at radius 1 is 1.50 bits per heavy atom. The molecule has 0 amide bonds. The Morgan fingerprint density at radius 3 is 2.56 bits per heavy atom. The summed E-state index contributed by atoms with van der Waals surface area (Å²) in [7, 11) is 0. The molecule has 7 heteroatoms. The molecule has 1 aromatic heterocycles. The van der Waals surface area contributed by atoms with Gasteiger partial charge < -0.3 is 9.84 Å². The molecule has 0 saturated heterocycles. The second-order valence-electron chi connectivity index (χ2n) is 2.99. The molecule has 0 fully saturated rings. The highest BCUT2D eigenvalue weighted by Gasteiger charge is 2.28. The number of rotatable bonds is 3. The molecule has 88 valence electrons. The Kier molecular flexibility index (Phi) is 3.36. The van der Waals surface area contributed by atoms with E-state index in [1.54, 1.807) is 0 Å². The van der Waals surface area contributed by atoms with Gasteiger partial charge in [0.2, 0.25) is 5.88 Å². The number of pyridine rings is 1. The van der Waals surface area contributed by atoms with Crippen LogP contribution in [0.3, 0.4) is 0 Å². The first-order valence-electron chi connectivity index (χ1n) is 4.20. The number of halogens is 3. The SMILES string of the molecule is Cc1nc(OCC(F)(F)F)ccc1C(=O)O. The smallest absolute Gasteiger partial charge is 0.422 e. The predicted molar refractivity (Wildman–Crippen MR) is 47.5 cm³/mol. The van der Waals surface area contributed by atoms with E-state index < -0.39 is 18.8 Å². The molecule has 4 nitrogen and oxygen atoms in total. The van der Waals surface area contributed by atoms with Crippen molar-refractivity contribution >= 4 is 5.97 Å². The molecule has 0 aliphatic carbocycles. The molecule has 1 N–H and O–H groups in total. The second kappa shape index (κ2) is 4.38.